The molecule has 0 amide bonds. The monoisotopic (exact) mass is 225 g/mol. The van der Waals surface area contributed by atoms with Crippen LogP contribution in [0.4, 0.5) is 0 Å². The normalized spacial score (nSPS) is 12.1. The molecule has 0 saturated heterocycles. The molecule has 0 aliphatic rings. The minimum absolute atomic E-state index is 0.110. The van der Waals surface area contributed by atoms with Crippen LogP contribution in [0.5, 0.6) is 5.75 Å². The maximum absolute atomic E-state index is 10.5. The maximum atomic E-state index is 10.5. The molecule has 0 saturated carbocycles. The number of carboxylic acids is 1. The molecular weight excluding hydrogens is 210 g/mol. The summed E-state index contributed by atoms with van der Waals surface area (Å²) in [6, 6.07) is 6.03. The SMILES string of the molecule is C[NH+](CCO)COc1ccc(C(=O)[O-])cc1. The third kappa shape index (κ3) is 3.88. The molecule has 0 radical (unpaired) electrons. The van der Waals surface area contributed by atoms with Gasteiger partial charge >= 0.3 is 0 Å². The molecule has 1 aromatic rings. The summed E-state index contributed by atoms with van der Waals surface area (Å²) >= 11 is 0. The van der Waals surface area contributed by atoms with Crippen molar-refractivity contribution in [3.05, 3.63) is 29.8 Å². The lowest BCUT2D eigenvalue weighted by Gasteiger charge is -2.13. The molecule has 1 unspecified atom stereocenters. The van der Waals surface area contributed by atoms with Crippen LogP contribution in [0, 0.1) is 0 Å². The summed E-state index contributed by atoms with van der Waals surface area (Å²) in [5.74, 6) is -0.600. The number of rotatable bonds is 6. The molecule has 1 rings (SSSR count). The minimum Gasteiger partial charge on any atom is -0.545 e. The van der Waals surface area contributed by atoms with Gasteiger partial charge in [0.2, 0.25) is 6.73 Å². The van der Waals surface area contributed by atoms with Crippen molar-refractivity contribution in [2.45, 2.75) is 0 Å². The van der Waals surface area contributed by atoms with E-state index in [0.29, 0.717) is 19.0 Å². The van der Waals surface area contributed by atoms with Crippen LogP contribution in [0.1, 0.15) is 10.4 Å². The highest BCUT2D eigenvalue weighted by atomic mass is 16.5. The molecule has 0 aliphatic heterocycles. The van der Waals surface area contributed by atoms with Gasteiger partial charge in [-0.2, -0.15) is 0 Å². The summed E-state index contributed by atoms with van der Waals surface area (Å²) in [7, 11) is 1.89. The Morgan fingerprint density at radius 3 is 2.56 bits per heavy atom. The van der Waals surface area contributed by atoms with Crippen molar-refractivity contribution >= 4 is 5.97 Å². The van der Waals surface area contributed by atoms with Crippen molar-refractivity contribution in [2.75, 3.05) is 26.9 Å². The molecule has 0 aliphatic carbocycles. The van der Waals surface area contributed by atoms with Crippen LogP contribution >= 0.6 is 0 Å². The van der Waals surface area contributed by atoms with E-state index in [-0.39, 0.29) is 12.2 Å². The second kappa shape index (κ2) is 6.09. The predicted molar refractivity (Wildman–Crippen MR) is 55.1 cm³/mol. The zero-order valence-electron chi connectivity index (χ0n) is 9.10. The van der Waals surface area contributed by atoms with E-state index < -0.39 is 5.97 Å². The summed E-state index contributed by atoms with van der Waals surface area (Å²) in [4.78, 5) is 11.5. The number of carbonyl (C=O) groups excluding carboxylic acids is 1. The van der Waals surface area contributed by atoms with E-state index in [1.807, 2.05) is 7.05 Å². The van der Waals surface area contributed by atoms with Crippen LogP contribution in [0.2, 0.25) is 0 Å². The summed E-state index contributed by atoms with van der Waals surface area (Å²) in [6.07, 6.45) is 0. The van der Waals surface area contributed by atoms with E-state index in [9.17, 15) is 9.90 Å². The highest BCUT2D eigenvalue weighted by molar-refractivity contribution is 5.85. The van der Waals surface area contributed by atoms with E-state index in [4.69, 9.17) is 9.84 Å². The van der Waals surface area contributed by atoms with Gasteiger partial charge in [-0.1, -0.05) is 0 Å². The molecule has 1 aromatic carbocycles. The molecule has 1 atom stereocenters. The summed E-state index contributed by atoms with van der Waals surface area (Å²) in [6.45, 7) is 1.14. The number of hydrogen-bond acceptors (Lipinski definition) is 4. The second-order valence-electron chi connectivity index (χ2n) is 3.53. The molecule has 88 valence electrons. The molecule has 16 heavy (non-hydrogen) atoms. The average Bonchev–Trinajstić information content (AvgIpc) is 2.27. The lowest BCUT2D eigenvalue weighted by molar-refractivity contribution is -0.896. The molecule has 0 fully saturated rings. The number of carboxylic acid groups (broad SMARTS) is 1. The molecule has 2 N–H and O–H groups in total. The first-order valence-electron chi connectivity index (χ1n) is 5.00. The van der Waals surface area contributed by atoms with E-state index in [1.54, 1.807) is 12.1 Å². The van der Waals surface area contributed by atoms with E-state index in [0.717, 1.165) is 4.90 Å². The van der Waals surface area contributed by atoms with Gasteiger partial charge in [0, 0.05) is 0 Å². The van der Waals surface area contributed by atoms with E-state index in [1.165, 1.54) is 12.1 Å². The first-order chi connectivity index (χ1) is 7.63. The van der Waals surface area contributed by atoms with Crippen LogP contribution in [0.3, 0.4) is 0 Å². The van der Waals surface area contributed by atoms with Gasteiger partial charge in [-0.15, -0.1) is 0 Å². The Bertz CT molecular complexity index is 336. The number of aliphatic hydroxyl groups excluding tert-OH is 1. The summed E-state index contributed by atoms with van der Waals surface area (Å²) in [5, 5.41) is 19.2. The van der Waals surface area contributed by atoms with Crippen LogP contribution in [-0.4, -0.2) is 38.0 Å². The summed E-state index contributed by atoms with van der Waals surface area (Å²) in [5.41, 5.74) is 0.128. The minimum atomic E-state index is -1.20. The van der Waals surface area contributed by atoms with Crippen LogP contribution in [-0.2, 0) is 0 Å². The Labute approximate surface area is 93.9 Å². The average molecular weight is 225 g/mol. The molecule has 5 nitrogen and oxygen atoms in total. The smallest absolute Gasteiger partial charge is 0.222 e. The first-order valence-corrected chi connectivity index (χ1v) is 5.00. The standard InChI is InChI=1S/C11H15NO4/c1-12(6-7-13)8-16-10-4-2-9(3-5-10)11(14)15/h2-5,13H,6-8H2,1H3,(H,14,15). The Hall–Kier alpha value is -1.59. The molecule has 0 heterocycles. The van der Waals surface area contributed by atoms with Gasteiger partial charge in [-0.05, 0) is 29.8 Å². The van der Waals surface area contributed by atoms with Gasteiger partial charge in [-0.25, -0.2) is 0 Å². The number of carbonyl (C=O) groups is 1. The van der Waals surface area contributed by atoms with Gasteiger partial charge in [0.1, 0.15) is 12.3 Å². The highest BCUT2D eigenvalue weighted by Crippen LogP contribution is 2.10. The number of ether oxygens (including phenoxy) is 1. The van der Waals surface area contributed by atoms with E-state index in [2.05, 4.69) is 0 Å². The number of benzene rings is 1. The lowest BCUT2D eigenvalue weighted by atomic mass is 10.2. The van der Waals surface area contributed by atoms with Crippen LogP contribution in [0.25, 0.3) is 0 Å². The topological polar surface area (TPSA) is 74.0 Å². The zero-order chi connectivity index (χ0) is 12.0. The molecule has 0 bridgehead atoms. The number of nitrogens with one attached hydrogen (secondary N) is 1. The third-order valence-electron chi connectivity index (χ3n) is 2.11. The Morgan fingerprint density at radius 1 is 1.44 bits per heavy atom. The quantitative estimate of drug-likeness (QED) is 0.544. The number of aliphatic hydroxyl groups is 1. The van der Waals surface area contributed by atoms with Gasteiger partial charge in [0.05, 0.1) is 19.6 Å². The molecule has 5 heteroatoms. The number of likely N-dealkylation sites (N-methyl/N-ethyl adjacent to an activating group) is 1. The lowest BCUT2D eigenvalue weighted by Crippen LogP contribution is -3.10. The number of quaternary nitrogens is 1. The summed E-state index contributed by atoms with van der Waals surface area (Å²) < 4.78 is 5.39. The zero-order valence-corrected chi connectivity index (χ0v) is 9.10. The van der Waals surface area contributed by atoms with Gasteiger partial charge in [0.15, 0.2) is 0 Å². The molecule has 0 aromatic heterocycles. The fourth-order valence-corrected chi connectivity index (χ4v) is 1.16. The van der Waals surface area contributed by atoms with Crippen LogP contribution in [0.15, 0.2) is 24.3 Å². The van der Waals surface area contributed by atoms with Crippen molar-refractivity contribution in [3.63, 3.8) is 0 Å². The fraction of sp³-hybridized carbons (Fsp3) is 0.364. The van der Waals surface area contributed by atoms with Crippen molar-refractivity contribution in [2.24, 2.45) is 0 Å². The largest absolute Gasteiger partial charge is 0.545 e. The Balaban J connectivity index is 2.46. The van der Waals surface area contributed by atoms with Crippen molar-refractivity contribution in [1.29, 1.82) is 0 Å². The second-order valence-corrected chi connectivity index (χ2v) is 3.53. The van der Waals surface area contributed by atoms with Crippen molar-refractivity contribution < 1.29 is 24.6 Å². The molecular formula is C11H15NO4. The third-order valence-corrected chi connectivity index (χ3v) is 2.11. The Morgan fingerprint density at radius 2 is 2.06 bits per heavy atom. The van der Waals surface area contributed by atoms with Crippen molar-refractivity contribution in [3.8, 4) is 5.75 Å². The predicted octanol–water partition coefficient (Wildman–Crippen LogP) is -2.11. The van der Waals surface area contributed by atoms with Gasteiger partial charge < -0.3 is 24.6 Å². The van der Waals surface area contributed by atoms with Gasteiger partial charge in [0.25, 0.3) is 0 Å². The molecule has 0 spiro atoms. The van der Waals surface area contributed by atoms with Gasteiger partial charge in [-0.3, -0.25) is 0 Å². The maximum Gasteiger partial charge on any atom is 0.222 e. The Kier molecular flexibility index (Phi) is 4.75. The number of aromatic carboxylic acids is 1. The highest BCUT2D eigenvalue weighted by Gasteiger charge is 2.01. The van der Waals surface area contributed by atoms with Crippen LogP contribution < -0.4 is 14.7 Å². The van der Waals surface area contributed by atoms with Crippen molar-refractivity contribution in [1.82, 2.24) is 0 Å². The first kappa shape index (κ1) is 12.5. The fourth-order valence-electron chi connectivity index (χ4n) is 1.16. The number of hydrogen-bond donors (Lipinski definition) is 2. The van der Waals surface area contributed by atoms with E-state index >= 15 is 0 Å².